The van der Waals surface area contributed by atoms with Crippen LogP contribution in [0, 0.1) is 17.6 Å². The van der Waals surface area contributed by atoms with Gasteiger partial charge in [-0.25, -0.2) is 8.78 Å². The zero-order chi connectivity index (χ0) is 12.3. The second kappa shape index (κ2) is 4.79. The van der Waals surface area contributed by atoms with E-state index in [0.717, 1.165) is 0 Å². The van der Waals surface area contributed by atoms with Gasteiger partial charge < -0.3 is 16.2 Å². The molecule has 1 aromatic heterocycles. The summed E-state index contributed by atoms with van der Waals surface area (Å²) in [6, 6.07) is 0.293. The molecule has 5 nitrogen and oxygen atoms in total. The molecule has 0 spiro atoms. The van der Waals surface area contributed by atoms with E-state index in [-0.39, 0.29) is 0 Å². The number of hydrogen-bond donors (Lipinski definition) is 3. The van der Waals surface area contributed by atoms with Crippen molar-refractivity contribution in [2.75, 3.05) is 11.9 Å². The van der Waals surface area contributed by atoms with Gasteiger partial charge in [0, 0.05) is 6.07 Å². The summed E-state index contributed by atoms with van der Waals surface area (Å²) in [6.45, 7) is -0.454. The number of pyridine rings is 1. The predicted molar refractivity (Wildman–Crippen MR) is 47.8 cm³/mol. The summed E-state index contributed by atoms with van der Waals surface area (Å²) in [6.07, 6.45) is -1.57. The van der Waals surface area contributed by atoms with Gasteiger partial charge in [0.1, 0.15) is 6.10 Å². The van der Waals surface area contributed by atoms with Gasteiger partial charge in [-0.1, -0.05) is 0 Å². The topological polar surface area (TPSA) is 88.2 Å². The van der Waals surface area contributed by atoms with Crippen molar-refractivity contribution in [3.05, 3.63) is 23.6 Å². The molecule has 1 atom stereocenters. The Kier molecular flexibility index (Phi) is 3.67. The number of amides is 1. The van der Waals surface area contributed by atoms with Crippen LogP contribution in [0.5, 0.6) is 0 Å². The minimum absolute atomic E-state index is 0.293. The van der Waals surface area contributed by atoms with Crippen LogP contribution in [0.3, 0.4) is 0 Å². The molecule has 4 N–H and O–H groups in total. The molecule has 1 rings (SSSR count). The molecule has 0 saturated heterocycles. The summed E-state index contributed by atoms with van der Waals surface area (Å²) in [4.78, 5) is 13.3. The highest BCUT2D eigenvalue weighted by Gasteiger charge is 2.14. The Balaban J connectivity index is 2.74. The Morgan fingerprint density at radius 2 is 2.12 bits per heavy atom. The second-order valence-corrected chi connectivity index (χ2v) is 2.89. The van der Waals surface area contributed by atoms with E-state index in [9.17, 15) is 18.0 Å². The Bertz CT molecular complexity index is 414. The lowest BCUT2D eigenvalue weighted by Gasteiger charge is -2.09. The third kappa shape index (κ3) is 2.83. The number of rotatable bonds is 4. The zero-order valence-electron chi connectivity index (χ0n) is 7.88. The summed E-state index contributed by atoms with van der Waals surface area (Å²) < 4.78 is 38.0. The van der Waals surface area contributed by atoms with E-state index >= 15 is 0 Å². The average molecular weight is 235 g/mol. The molecule has 16 heavy (non-hydrogen) atoms. The molecule has 0 saturated carbocycles. The molecule has 0 radical (unpaired) electrons. The lowest BCUT2D eigenvalue weighted by Crippen LogP contribution is -2.34. The molecule has 1 amide bonds. The molecule has 1 aromatic rings. The van der Waals surface area contributed by atoms with Crippen LogP contribution in [-0.4, -0.2) is 28.6 Å². The fraction of sp³-hybridized carbons (Fsp3) is 0.250. The van der Waals surface area contributed by atoms with Crippen molar-refractivity contribution in [2.45, 2.75) is 6.10 Å². The molecule has 0 fully saturated rings. The number of anilines is 1. The van der Waals surface area contributed by atoms with Crippen molar-refractivity contribution < 1.29 is 23.1 Å². The van der Waals surface area contributed by atoms with E-state index in [1.807, 2.05) is 0 Å². The van der Waals surface area contributed by atoms with Gasteiger partial charge >= 0.3 is 0 Å². The van der Waals surface area contributed by atoms with E-state index < -0.39 is 42.0 Å². The summed E-state index contributed by atoms with van der Waals surface area (Å²) >= 11 is 0. The first-order chi connectivity index (χ1) is 7.41. The van der Waals surface area contributed by atoms with Crippen LogP contribution in [-0.2, 0) is 4.79 Å². The molecule has 0 aromatic carbocycles. The lowest BCUT2D eigenvalue weighted by molar-refractivity contribution is -0.125. The summed E-state index contributed by atoms with van der Waals surface area (Å²) in [5.74, 6) is -5.71. The number of aliphatic hydroxyl groups excluding tert-OH is 1. The van der Waals surface area contributed by atoms with Gasteiger partial charge in [-0.05, 0) is 0 Å². The fourth-order valence-electron chi connectivity index (χ4n) is 0.862. The standard InChI is InChI=1S/C8H8F3N3O2/c9-3-1-4(10)8(14-6(3)11)13-2-5(15)7(12)16/h1,5,15H,2H2,(H2,12,16)(H,13,14). The highest BCUT2D eigenvalue weighted by atomic mass is 19.2. The van der Waals surface area contributed by atoms with Crippen molar-refractivity contribution in [3.8, 4) is 0 Å². The molecule has 1 heterocycles. The van der Waals surface area contributed by atoms with E-state index in [1.165, 1.54) is 0 Å². The van der Waals surface area contributed by atoms with Crippen molar-refractivity contribution in [1.82, 2.24) is 4.98 Å². The number of halogens is 3. The maximum atomic E-state index is 13.0. The lowest BCUT2D eigenvalue weighted by atomic mass is 10.3. The monoisotopic (exact) mass is 235 g/mol. The van der Waals surface area contributed by atoms with E-state index in [0.29, 0.717) is 6.07 Å². The van der Waals surface area contributed by atoms with Gasteiger partial charge in [0.15, 0.2) is 17.5 Å². The predicted octanol–water partition coefficient (Wildman–Crippen LogP) is -0.243. The fourth-order valence-corrected chi connectivity index (χ4v) is 0.862. The number of aliphatic hydroxyl groups is 1. The van der Waals surface area contributed by atoms with Crippen LogP contribution in [0.1, 0.15) is 0 Å². The minimum Gasteiger partial charge on any atom is -0.381 e. The third-order valence-corrected chi connectivity index (χ3v) is 1.68. The highest BCUT2D eigenvalue weighted by Crippen LogP contribution is 2.13. The molecule has 0 aliphatic heterocycles. The SMILES string of the molecule is NC(=O)C(O)CNc1nc(F)c(F)cc1F. The van der Waals surface area contributed by atoms with Crippen LogP contribution in [0.15, 0.2) is 6.07 Å². The van der Waals surface area contributed by atoms with E-state index in [1.54, 1.807) is 0 Å². The van der Waals surface area contributed by atoms with E-state index in [4.69, 9.17) is 10.8 Å². The number of nitrogens with one attached hydrogen (secondary N) is 1. The number of carbonyl (C=O) groups is 1. The number of hydrogen-bond acceptors (Lipinski definition) is 4. The van der Waals surface area contributed by atoms with Gasteiger partial charge in [0.25, 0.3) is 5.95 Å². The number of carbonyl (C=O) groups excluding carboxylic acids is 1. The number of nitrogens with zero attached hydrogens (tertiary/aromatic N) is 1. The van der Waals surface area contributed by atoms with Crippen LogP contribution >= 0.6 is 0 Å². The van der Waals surface area contributed by atoms with Crippen LogP contribution in [0.4, 0.5) is 19.0 Å². The third-order valence-electron chi connectivity index (χ3n) is 1.68. The number of nitrogens with two attached hydrogens (primary N) is 1. The zero-order valence-corrected chi connectivity index (χ0v) is 7.88. The number of primary amides is 1. The molecule has 0 aliphatic carbocycles. The normalized spacial score (nSPS) is 12.2. The first kappa shape index (κ1) is 12.2. The van der Waals surface area contributed by atoms with Gasteiger partial charge in [0.05, 0.1) is 6.54 Å². The average Bonchev–Trinajstić information content (AvgIpc) is 2.20. The summed E-state index contributed by atoms with van der Waals surface area (Å²) in [7, 11) is 0. The molecular weight excluding hydrogens is 227 g/mol. The van der Waals surface area contributed by atoms with Crippen molar-refractivity contribution in [3.63, 3.8) is 0 Å². The minimum atomic E-state index is -1.57. The van der Waals surface area contributed by atoms with Gasteiger partial charge in [-0.2, -0.15) is 9.37 Å². The second-order valence-electron chi connectivity index (χ2n) is 2.89. The molecule has 0 bridgehead atoms. The van der Waals surface area contributed by atoms with Crippen LogP contribution in [0.25, 0.3) is 0 Å². The quantitative estimate of drug-likeness (QED) is 0.628. The molecule has 8 heteroatoms. The largest absolute Gasteiger partial charge is 0.381 e. The summed E-state index contributed by atoms with van der Waals surface area (Å²) in [5, 5.41) is 11.1. The highest BCUT2D eigenvalue weighted by molar-refractivity contribution is 5.79. The van der Waals surface area contributed by atoms with Gasteiger partial charge in [0.2, 0.25) is 5.91 Å². The molecule has 0 aliphatic rings. The maximum Gasteiger partial charge on any atom is 0.251 e. The summed E-state index contributed by atoms with van der Waals surface area (Å²) in [5.41, 5.74) is 4.72. The van der Waals surface area contributed by atoms with Crippen molar-refractivity contribution in [2.24, 2.45) is 5.73 Å². The molecular formula is C8H8F3N3O2. The Labute approximate surface area is 88.1 Å². The maximum absolute atomic E-state index is 13.0. The number of aromatic nitrogens is 1. The van der Waals surface area contributed by atoms with E-state index in [2.05, 4.69) is 10.3 Å². The Morgan fingerprint density at radius 1 is 1.50 bits per heavy atom. The van der Waals surface area contributed by atoms with Crippen LogP contribution < -0.4 is 11.1 Å². The molecule has 88 valence electrons. The van der Waals surface area contributed by atoms with Gasteiger partial charge in [-0.15, -0.1) is 0 Å². The Morgan fingerprint density at radius 3 is 2.69 bits per heavy atom. The molecule has 1 unspecified atom stereocenters. The smallest absolute Gasteiger partial charge is 0.251 e. The van der Waals surface area contributed by atoms with Crippen LogP contribution in [0.2, 0.25) is 0 Å². The van der Waals surface area contributed by atoms with Gasteiger partial charge in [-0.3, -0.25) is 4.79 Å². The van der Waals surface area contributed by atoms with Crippen molar-refractivity contribution in [1.29, 1.82) is 0 Å². The first-order valence-electron chi connectivity index (χ1n) is 4.14. The first-order valence-corrected chi connectivity index (χ1v) is 4.14. The Hall–Kier alpha value is -1.83. The van der Waals surface area contributed by atoms with Crippen molar-refractivity contribution >= 4 is 11.7 Å².